The minimum atomic E-state index is -1.19. The molecule has 1 N–H and O–H groups in total. The fourth-order valence-corrected chi connectivity index (χ4v) is 3.50. The molecule has 1 aliphatic rings. The van der Waals surface area contributed by atoms with Gasteiger partial charge in [0.15, 0.2) is 5.78 Å². The Morgan fingerprint density at radius 2 is 1.70 bits per heavy atom. The molecule has 1 atom stereocenters. The lowest BCUT2D eigenvalue weighted by atomic mass is 9.92. The summed E-state index contributed by atoms with van der Waals surface area (Å²) >= 11 is 0. The van der Waals surface area contributed by atoms with Crippen LogP contribution in [0.25, 0.3) is 0 Å². The Kier molecular flexibility index (Phi) is 5.96. The van der Waals surface area contributed by atoms with Gasteiger partial charge in [0.2, 0.25) is 0 Å². The second-order valence-corrected chi connectivity index (χ2v) is 7.13. The first-order valence-corrected chi connectivity index (χ1v) is 9.34. The Morgan fingerprint density at radius 3 is 2.37 bits per heavy atom. The molecule has 0 radical (unpaired) electrons. The van der Waals surface area contributed by atoms with Gasteiger partial charge in [-0.2, -0.15) is 0 Å². The Bertz CT molecular complexity index is 989. The molecule has 3 rings (SSSR count). The summed E-state index contributed by atoms with van der Waals surface area (Å²) < 4.78 is 15.7. The number of nitrogens with one attached hydrogen (secondary N) is 1. The van der Waals surface area contributed by atoms with Crippen LogP contribution in [0.3, 0.4) is 0 Å². The number of Topliss-reactive ketones (excluding diaryl/α,β-unsaturated/α-hetero) is 1. The summed E-state index contributed by atoms with van der Waals surface area (Å²) in [5.74, 6) is 0.517. The normalized spacial score (nSPS) is 18.2. The van der Waals surface area contributed by atoms with Crippen molar-refractivity contribution in [1.82, 2.24) is 10.2 Å². The predicted octanol–water partition coefficient (Wildman–Crippen LogP) is 2.45. The number of carbonyl (C=O) groups excluding carboxylic acids is 3. The standard InChI is InChI=1S/C22H24N2O6/c1-22(12-14-7-5-6-8-18(14)29-3)20(26)24(21(27)23-22)13-17(25)16-11-15(28-2)9-10-19(16)30-4/h5-11H,12-13H2,1-4H3,(H,23,27)/t22-/m0/s1. The van der Waals surface area contributed by atoms with Crippen molar-refractivity contribution in [3.63, 3.8) is 0 Å². The van der Waals surface area contributed by atoms with E-state index in [2.05, 4.69) is 5.32 Å². The van der Waals surface area contributed by atoms with Crippen molar-refractivity contribution in [2.45, 2.75) is 18.9 Å². The van der Waals surface area contributed by atoms with Crippen LogP contribution in [0.2, 0.25) is 0 Å². The van der Waals surface area contributed by atoms with Crippen molar-refractivity contribution in [2.75, 3.05) is 27.9 Å². The summed E-state index contributed by atoms with van der Waals surface area (Å²) in [5, 5.41) is 2.71. The summed E-state index contributed by atoms with van der Waals surface area (Å²) in [6, 6.07) is 11.4. The Morgan fingerprint density at radius 1 is 1.00 bits per heavy atom. The molecule has 8 heteroatoms. The van der Waals surface area contributed by atoms with Crippen molar-refractivity contribution >= 4 is 17.7 Å². The van der Waals surface area contributed by atoms with E-state index < -0.39 is 29.8 Å². The minimum Gasteiger partial charge on any atom is -0.497 e. The van der Waals surface area contributed by atoms with Crippen LogP contribution in [0.1, 0.15) is 22.8 Å². The third-order valence-electron chi connectivity index (χ3n) is 5.09. The van der Waals surface area contributed by atoms with Gasteiger partial charge in [-0.25, -0.2) is 4.79 Å². The number of ether oxygens (including phenoxy) is 3. The largest absolute Gasteiger partial charge is 0.497 e. The number of benzene rings is 2. The molecule has 30 heavy (non-hydrogen) atoms. The number of carbonyl (C=O) groups is 3. The average Bonchev–Trinajstić information content (AvgIpc) is 2.96. The van der Waals surface area contributed by atoms with Crippen LogP contribution >= 0.6 is 0 Å². The highest BCUT2D eigenvalue weighted by molar-refractivity contribution is 6.11. The van der Waals surface area contributed by atoms with Crippen molar-refractivity contribution < 1.29 is 28.6 Å². The van der Waals surface area contributed by atoms with Crippen molar-refractivity contribution in [3.8, 4) is 17.2 Å². The van der Waals surface area contributed by atoms with E-state index in [1.54, 1.807) is 32.2 Å². The fraction of sp³-hybridized carbons (Fsp3) is 0.318. The zero-order valence-electron chi connectivity index (χ0n) is 17.4. The van der Waals surface area contributed by atoms with E-state index in [9.17, 15) is 14.4 Å². The molecule has 0 unspecified atom stereocenters. The topological polar surface area (TPSA) is 94.2 Å². The Hall–Kier alpha value is -3.55. The molecule has 3 amide bonds. The van der Waals surface area contributed by atoms with E-state index in [-0.39, 0.29) is 12.0 Å². The Labute approximate surface area is 174 Å². The van der Waals surface area contributed by atoms with E-state index >= 15 is 0 Å². The van der Waals surface area contributed by atoms with Gasteiger partial charge in [-0.3, -0.25) is 14.5 Å². The van der Waals surface area contributed by atoms with Gasteiger partial charge in [-0.15, -0.1) is 0 Å². The molecule has 0 bridgehead atoms. The van der Waals surface area contributed by atoms with Crippen LogP contribution in [0.5, 0.6) is 17.2 Å². The summed E-state index contributed by atoms with van der Waals surface area (Å²) in [7, 11) is 4.47. The van der Waals surface area contributed by atoms with Crippen molar-refractivity contribution in [1.29, 1.82) is 0 Å². The van der Waals surface area contributed by atoms with Gasteiger partial charge in [0.25, 0.3) is 5.91 Å². The highest BCUT2D eigenvalue weighted by Crippen LogP contribution is 2.29. The van der Waals surface area contributed by atoms with Crippen molar-refractivity contribution in [3.05, 3.63) is 53.6 Å². The molecule has 1 heterocycles. The van der Waals surface area contributed by atoms with Gasteiger partial charge in [-0.05, 0) is 36.8 Å². The SMILES string of the molecule is COc1ccc(OC)c(C(=O)CN2C(=O)N[C@@](C)(Cc3ccccc3OC)C2=O)c1. The second kappa shape index (κ2) is 8.44. The average molecular weight is 412 g/mol. The molecule has 8 nitrogen and oxygen atoms in total. The number of hydrogen-bond donors (Lipinski definition) is 1. The number of urea groups is 1. The zero-order valence-corrected chi connectivity index (χ0v) is 17.4. The van der Waals surface area contributed by atoms with Gasteiger partial charge in [0.05, 0.1) is 33.4 Å². The third-order valence-corrected chi connectivity index (χ3v) is 5.09. The molecule has 1 saturated heterocycles. The number of methoxy groups -OCH3 is 3. The van der Waals surface area contributed by atoms with E-state index in [1.165, 1.54) is 20.3 Å². The highest BCUT2D eigenvalue weighted by atomic mass is 16.5. The first-order chi connectivity index (χ1) is 14.3. The van der Waals surface area contributed by atoms with E-state index in [4.69, 9.17) is 14.2 Å². The van der Waals surface area contributed by atoms with E-state index in [0.717, 1.165) is 10.5 Å². The van der Waals surface area contributed by atoms with Crippen LogP contribution in [-0.2, 0) is 11.2 Å². The lowest BCUT2D eigenvalue weighted by Gasteiger charge is -2.22. The van der Waals surface area contributed by atoms with E-state index in [1.807, 2.05) is 18.2 Å². The van der Waals surface area contributed by atoms with Gasteiger partial charge < -0.3 is 19.5 Å². The molecule has 158 valence electrons. The molecule has 2 aromatic rings. The number of hydrogen-bond acceptors (Lipinski definition) is 6. The molecular weight excluding hydrogens is 388 g/mol. The molecule has 0 saturated carbocycles. The molecule has 0 aromatic heterocycles. The number of ketones is 1. The maximum absolute atomic E-state index is 13.1. The summed E-state index contributed by atoms with van der Waals surface area (Å²) in [6.07, 6.45) is 0.231. The quantitative estimate of drug-likeness (QED) is 0.529. The second-order valence-electron chi connectivity index (χ2n) is 7.13. The van der Waals surface area contributed by atoms with Crippen LogP contribution in [0.4, 0.5) is 4.79 Å². The molecule has 0 spiro atoms. The highest BCUT2D eigenvalue weighted by Gasteiger charge is 2.48. The minimum absolute atomic E-state index is 0.231. The van der Waals surface area contributed by atoms with Gasteiger partial charge in [-0.1, -0.05) is 18.2 Å². The predicted molar refractivity (Wildman–Crippen MR) is 109 cm³/mol. The van der Waals surface area contributed by atoms with Crippen LogP contribution < -0.4 is 19.5 Å². The van der Waals surface area contributed by atoms with Crippen LogP contribution in [0, 0.1) is 0 Å². The maximum Gasteiger partial charge on any atom is 0.325 e. The number of amides is 3. The summed E-state index contributed by atoms with van der Waals surface area (Å²) in [6.45, 7) is 1.23. The third kappa shape index (κ3) is 3.94. The number of nitrogens with zero attached hydrogens (tertiary/aromatic N) is 1. The van der Waals surface area contributed by atoms with Gasteiger partial charge >= 0.3 is 6.03 Å². The van der Waals surface area contributed by atoms with Crippen LogP contribution in [0.15, 0.2) is 42.5 Å². The van der Waals surface area contributed by atoms with Crippen molar-refractivity contribution in [2.24, 2.45) is 0 Å². The maximum atomic E-state index is 13.1. The fourth-order valence-electron chi connectivity index (χ4n) is 3.50. The smallest absolute Gasteiger partial charge is 0.325 e. The number of para-hydroxylation sites is 1. The number of rotatable bonds is 8. The van der Waals surface area contributed by atoms with Gasteiger partial charge in [0.1, 0.15) is 22.8 Å². The number of imide groups is 1. The monoisotopic (exact) mass is 412 g/mol. The summed E-state index contributed by atoms with van der Waals surface area (Å²) in [5.41, 5.74) is -0.181. The zero-order chi connectivity index (χ0) is 21.9. The summed E-state index contributed by atoms with van der Waals surface area (Å²) in [4.78, 5) is 39.4. The molecule has 0 aliphatic carbocycles. The molecule has 2 aromatic carbocycles. The Balaban J connectivity index is 1.82. The lowest BCUT2D eigenvalue weighted by molar-refractivity contribution is -0.130. The van der Waals surface area contributed by atoms with Gasteiger partial charge in [0, 0.05) is 6.42 Å². The first-order valence-electron chi connectivity index (χ1n) is 9.34. The molecule has 1 aliphatic heterocycles. The lowest BCUT2D eigenvalue weighted by Crippen LogP contribution is -2.46. The molecule has 1 fully saturated rings. The first kappa shape index (κ1) is 21.2. The van der Waals surface area contributed by atoms with E-state index in [0.29, 0.717) is 17.2 Å². The molecular formula is C22H24N2O6. The van der Waals surface area contributed by atoms with Crippen LogP contribution in [-0.4, -0.2) is 56.0 Å².